The molecule has 1 rings (SSSR count). The van der Waals surface area contributed by atoms with Crippen molar-refractivity contribution in [2.75, 3.05) is 32.1 Å². The number of alkyl halides is 4. The highest BCUT2D eigenvalue weighted by Crippen LogP contribution is 2.17. The Balaban J connectivity index is 2.37. The van der Waals surface area contributed by atoms with E-state index in [1.54, 1.807) is 12.1 Å². The normalized spacial score (nSPS) is 11.9. The summed E-state index contributed by atoms with van der Waals surface area (Å²) in [5.41, 5.74) is 0. The number of halogens is 5. The first-order chi connectivity index (χ1) is 8.90. The monoisotopic (exact) mass is 359 g/mol. The second-order valence-electron chi connectivity index (χ2n) is 3.88. The second-order valence-corrected chi connectivity index (χ2v) is 5.18. The van der Waals surface area contributed by atoms with E-state index >= 15 is 0 Å². The zero-order chi connectivity index (χ0) is 14.3. The summed E-state index contributed by atoms with van der Waals surface area (Å²) < 4.78 is 43.2. The summed E-state index contributed by atoms with van der Waals surface area (Å²) in [4.78, 5) is 1.23. The molecule has 19 heavy (non-hydrogen) atoms. The highest BCUT2D eigenvalue weighted by Gasteiger charge is 2.30. The Morgan fingerprint density at radius 1 is 1.16 bits per heavy atom. The minimum atomic E-state index is -4.22. The quantitative estimate of drug-likeness (QED) is 0.683. The van der Waals surface area contributed by atoms with Crippen LogP contribution in [0.5, 0.6) is 5.75 Å². The number of hydrogen-bond donors (Lipinski definition) is 0. The van der Waals surface area contributed by atoms with Crippen molar-refractivity contribution in [1.82, 2.24) is 4.90 Å². The van der Waals surface area contributed by atoms with Crippen LogP contribution < -0.4 is 4.74 Å². The molecule has 0 radical (unpaired) electrons. The van der Waals surface area contributed by atoms with Gasteiger partial charge in [-0.05, 0) is 24.3 Å². The average molecular weight is 361 g/mol. The Kier molecular flexibility index (Phi) is 6.96. The van der Waals surface area contributed by atoms with Gasteiger partial charge in [0.15, 0.2) is 0 Å². The SMILES string of the molecule is FC(F)(F)CN(CCCl)CCOc1ccc(Br)cc1. The lowest BCUT2D eigenvalue weighted by molar-refractivity contribution is -0.145. The molecule has 0 fully saturated rings. The molecule has 2 nitrogen and oxygen atoms in total. The van der Waals surface area contributed by atoms with E-state index in [-0.39, 0.29) is 25.6 Å². The van der Waals surface area contributed by atoms with Crippen molar-refractivity contribution in [3.05, 3.63) is 28.7 Å². The molecule has 0 unspecified atom stereocenters. The van der Waals surface area contributed by atoms with Crippen LogP contribution in [0.3, 0.4) is 0 Å². The fraction of sp³-hybridized carbons (Fsp3) is 0.500. The van der Waals surface area contributed by atoms with Crippen LogP contribution in [0.15, 0.2) is 28.7 Å². The molecule has 0 saturated carbocycles. The smallest absolute Gasteiger partial charge is 0.401 e. The van der Waals surface area contributed by atoms with Crippen molar-refractivity contribution in [2.24, 2.45) is 0 Å². The van der Waals surface area contributed by atoms with Gasteiger partial charge >= 0.3 is 6.18 Å². The number of nitrogens with zero attached hydrogens (tertiary/aromatic N) is 1. The molecule has 0 bridgehead atoms. The number of benzene rings is 1. The highest BCUT2D eigenvalue weighted by molar-refractivity contribution is 9.10. The van der Waals surface area contributed by atoms with Gasteiger partial charge in [-0.2, -0.15) is 13.2 Å². The van der Waals surface area contributed by atoms with E-state index in [0.29, 0.717) is 5.75 Å². The van der Waals surface area contributed by atoms with Crippen LogP contribution in [0, 0.1) is 0 Å². The molecule has 0 aliphatic carbocycles. The first-order valence-corrected chi connectivity index (χ1v) is 6.97. The van der Waals surface area contributed by atoms with Gasteiger partial charge in [-0.3, -0.25) is 4.90 Å². The maximum Gasteiger partial charge on any atom is 0.401 e. The molecule has 0 N–H and O–H groups in total. The maximum absolute atomic E-state index is 12.3. The van der Waals surface area contributed by atoms with Gasteiger partial charge in [0.25, 0.3) is 0 Å². The Morgan fingerprint density at radius 3 is 2.32 bits per heavy atom. The third kappa shape index (κ3) is 7.64. The van der Waals surface area contributed by atoms with Crippen molar-refractivity contribution in [3.63, 3.8) is 0 Å². The van der Waals surface area contributed by atoms with Crippen LogP contribution in [-0.4, -0.2) is 43.2 Å². The van der Waals surface area contributed by atoms with Gasteiger partial charge in [0.05, 0.1) is 6.54 Å². The summed E-state index contributed by atoms with van der Waals surface area (Å²) in [5.74, 6) is 0.787. The van der Waals surface area contributed by atoms with Gasteiger partial charge in [-0.1, -0.05) is 15.9 Å². The zero-order valence-corrected chi connectivity index (χ0v) is 12.4. The summed E-state index contributed by atoms with van der Waals surface area (Å²) in [7, 11) is 0. The van der Waals surface area contributed by atoms with Gasteiger partial charge in [0.2, 0.25) is 0 Å². The van der Waals surface area contributed by atoms with Crippen molar-refractivity contribution in [1.29, 1.82) is 0 Å². The lowest BCUT2D eigenvalue weighted by Gasteiger charge is -2.22. The third-order valence-electron chi connectivity index (χ3n) is 2.29. The average Bonchev–Trinajstić information content (AvgIpc) is 2.30. The number of ether oxygens (including phenoxy) is 1. The molecule has 0 aliphatic heterocycles. The van der Waals surface area contributed by atoms with Crippen molar-refractivity contribution >= 4 is 27.5 Å². The van der Waals surface area contributed by atoms with E-state index in [1.807, 2.05) is 12.1 Å². The summed E-state index contributed by atoms with van der Waals surface area (Å²) in [6.45, 7) is -0.412. The van der Waals surface area contributed by atoms with E-state index in [2.05, 4.69) is 15.9 Å². The topological polar surface area (TPSA) is 12.5 Å². The first kappa shape index (κ1) is 16.6. The third-order valence-corrected chi connectivity index (χ3v) is 2.99. The summed E-state index contributed by atoms with van der Waals surface area (Å²) in [6, 6.07) is 7.11. The molecule has 1 aromatic carbocycles. The molecule has 0 amide bonds. The van der Waals surface area contributed by atoms with E-state index in [0.717, 1.165) is 4.47 Å². The molecular weight excluding hydrogens is 346 g/mol. The van der Waals surface area contributed by atoms with E-state index in [9.17, 15) is 13.2 Å². The van der Waals surface area contributed by atoms with Crippen molar-refractivity contribution < 1.29 is 17.9 Å². The van der Waals surface area contributed by atoms with Crippen LogP contribution in [0.2, 0.25) is 0 Å². The molecule has 108 valence electrons. The molecule has 7 heteroatoms. The minimum absolute atomic E-state index is 0.161. The number of rotatable bonds is 7. The van der Waals surface area contributed by atoms with Crippen molar-refractivity contribution in [2.45, 2.75) is 6.18 Å². The van der Waals surface area contributed by atoms with Gasteiger partial charge in [-0.15, -0.1) is 11.6 Å². The molecular formula is C12H14BrClF3NO. The fourth-order valence-corrected chi connectivity index (χ4v) is 1.97. The fourth-order valence-electron chi connectivity index (χ4n) is 1.47. The van der Waals surface area contributed by atoms with Gasteiger partial charge in [-0.25, -0.2) is 0 Å². The van der Waals surface area contributed by atoms with Crippen molar-refractivity contribution in [3.8, 4) is 5.75 Å². The minimum Gasteiger partial charge on any atom is -0.492 e. The van der Waals surface area contributed by atoms with Gasteiger partial charge < -0.3 is 4.74 Å². The van der Waals surface area contributed by atoms with Gasteiger partial charge in [0, 0.05) is 23.4 Å². The number of hydrogen-bond acceptors (Lipinski definition) is 2. The Labute approximate surface area is 123 Å². The van der Waals surface area contributed by atoms with E-state index in [4.69, 9.17) is 16.3 Å². The van der Waals surface area contributed by atoms with Crippen LogP contribution in [0.25, 0.3) is 0 Å². The predicted molar refractivity (Wildman–Crippen MR) is 72.9 cm³/mol. The van der Waals surface area contributed by atoms with Crippen LogP contribution in [-0.2, 0) is 0 Å². The molecule has 0 heterocycles. The lowest BCUT2D eigenvalue weighted by atomic mass is 10.3. The van der Waals surface area contributed by atoms with E-state index in [1.165, 1.54) is 4.90 Å². The Bertz CT molecular complexity index is 372. The Hall–Kier alpha value is -0.460. The summed E-state index contributed by atoms with van der Waals surface area (Å²) >= 11 is 8.77. The standard InChI is InChI=1S/C12H14BrClF3NO/c13-10-1-3-11(4-2-10)19-8-7-18(6-5-14)9-12(15,16)17/h1-4H,5-9H2. The summed E-state index contributed by atoms with van der Waals surface area (Å²) in [5, 5.41) is 0. The van der Waals surface area contributed by atoms with Crippen LogP contribution >= 0.6 is 27.5 Å². The zero-order valence-electron chi connectivity index (χ0n) is 10.1. The molecule has 0 atom stereocenters. The van der Waals surface area contributed by atoms with Crippen LogP contribution in [0.1, 0.15) is 0 Å². The molecule has 0 spiro atoms. The molecule has 0 aliphatic rings. The maximum atomic E-state index is 12.3. The highest BCUT2D eigenvalue weighted by atomic mass is 79.9. The largest absolute Gasteiger partial charge is 0.492 e. The molecule has 0 saturated heterocycles. The predicted octanol–water partition coefficient (Wildman–Crippen LogP) is 3.93. The van der Waals surface area contributed by atoms with Crippen LogP contribution in [0.4, 0.5) is 13.2 Å². The lowest BCUT2D eigenvalue weighted by Crippen LogP contribution is -2.38. The molecule has 0 aromatic heterocycles. The second kappa shape index (κ2) is 7.97. The molecule has 1 aromatic rings. The van der Waals surface area contributed by atoms with E-state index < -0.39 is 12.7 Å². The first-order valence-electron chi connectivity index (χ1n) is 5.64. The summed E-state index contributed by atoms with van der Waals surface area (Å²) in [6.07, 6.45) is -4.22. The van der Waals surface area contributed by atoms with Gasteiger partial charge in [0.1, 0.15) is 12.4 Å². The Morgan fingerprint density at radius 2 is 1.79 bits per heavy atom.